The van der Waals surface area contributed by atoms with Crippen LogP contribution in [0.25, 0.3) is 0 Å². The van der Waals surface area contributed by atoms with Crippen LogP contribution in [0.2, 0.25) is 10.0 Å². The molecule has 0 aliphatic carbocycles. The molecule has 2 aromatic rings. The fourth-order valence-electron chi connectivity index (χ4n) is 1.69. The number of benzene rings is 1. The summed E-state index contributed by atoms with van der Waals surface area (Å²) < 4.78 is 0. The third-order valence-corrected chi connectivity index (χ3v) is 3.16. The molecule has 1 heterocycles. The fraction of sp³-hybridized carbons (Fsp3) is 0.231. The van der Waals surface area contributed by atoms with E-state index in [1.54, 1.807) is 6.07 Å². The Bertz CT molecular complexity index is 558. The molecule has 1 unspecified atom stereocenters. The van der Waals surface area contributed by atoms with Gasteiger partial charge in [0.1, 0.15) is 12.1 Å². The van der Waals surface area contributed by atoms with Crippen molar-refractivity contribution in [2.24, 2.45) is 0 Å². The number of rotatable bonds is 3. The highest BCUT2D eigenvalue weighted by Gasteiger charge is 2.10. The highest BCUT2D eigenvalue weighted by atomic mass is 35.5. The number of anilines is 1. The van der Waals surface area contributed by atoms with Crippen molar-refractivity contribution < 1.29 is 0 Å². The predicted octanol–water partition coefficient (Wildman–Crippen LogP) is 4.26. The van der Waals surface area contributed by atoms with E-state index in [4.69, 9.17) is 23.2 Å². The van der Waals surface area contributed by atoms with Crippen LogP contribution in [0.15, 0.2) is 30.6 Å². The summed E-state index contributed by atoms with van der Waals surface area (Å²) in [5, 5.41) is 4.56. The molecule has 5 heteroatoms. The third-order valence-electron chi connectivity index (χ3n) is 2.60. The molecule has 0 saturated heterocycles. The van der Waals surface area contributed by atoms with Crippen molar-refractivity contribution in [3.8, 4) is 0 Å². The molecule has 1 aromatic heterocycles. The molecule has 18 heavy (non-hydrogen) atoms. The van der Waals surface area contributed by atoms with Crippen LogP contribution in [0, 0.1) is 6.92 Å². The van der Waals surface area contributed by atoms with Crippen molar-refractivity contribution in [3.63, 3.8) is 0 Å². The number of nitrogens with one attached hydrogen (secondary N) is 1. The summed E-state index contributed by atoms with van der Waals surface area (Å²) in [7, 11) is 0. The number of hydrogen-bond acceptors (Lipinski definition) is 3. The van der Waals surface area contributed by atoms with Gasteiger partial charge in [0, 0.05) is 21.8 Å². The lowest BCUT2D eigenvalue weighted by atomic mass is 10.1. The van der Waals surface area contributed by atoms with Crippen LogP contribution < -0.4 is 5.32 Å². The van der Waals surface area contributed by atoms with Crippen molar-refractivity contribution in [1.82, 2.24) is 9.97 Å². The van der Waals surface area contributed by atoms with Gasteiger partial charge in [0.25, 0.3) is 0 Å². The van der Waals surface area contributed by atoms with Crippen molar-refractivity contribution in [3.05, 3.63) is 51.9 Å². The van der Waals surface area contributed by atoms with Crippen LogP contribution in [0.4, 0.5) is 5.82 Å². The van der Waals surface area contributed by atoms with Gasteiger partial charge in [-0.25, -0.2) is 9.97 Å². The van der Waals surface area contributed by atoms with Gasteiger partial charge < -0.3 is 5.32 Å². The first-order chi connectivity index (χ1) is 8.56. The van der Waals surface area contributed by atoms with E-state index >= 15 is 0 Å². The van der Waals surface area contributed by atoms with Gasteiger partial charge in [-0.15, -0.1) is 0 Å². The fourth-order valence-corrected chi connectivity index (χ4v) is 2.26. The monoisotopic (exact) mass is 281 g/mol. The Kier molecular flexibility index (Phi) is 4.04. The zero-order chi connectivity index (χ0) is 13.1. The van der Waals surface area contributed by atoms with Crippen LogP contribution >= 0.6 is 23.2 Å². The van der Waals surface area contributed by atoms with Gasteiger partial charge in [-0.2, -0.15) is 0 Å². The number of nitrogens with zero attached hydrogens (tertiary/aromatic N) is 2. The van der Waals surface area contributed by atoms with E-state index in [9.17, 15) is 0 Å². The maximum absolute atomic E-state index is 6.16. The van der Waals surface area contributed by atoms with Crippen LogP contribution in [0.3, 0.4) is 0 Å². The Morgan fingerprint density at radius 1 is 1.17 bits per heavy atom. The zero-order valence-electron chi connectivity index (χ0n) is 10.1. The smallest absolute Gasteiger partial charge is 0.130 e. The lowest BCUT2D eigenvalue weighted by Crippen LogP contribution is -2.08. The van der Waals surface area contributed by atoms with Crippen molar-refractivity contribution in [1.29, 1.82) is 0 Å². The summed E-state index contributed by atoms with van der Waals surface area (Å²) in [5.74, 6) is 0.779. The van der Waals surface area contributed by atoms with Gasteiger partial charge in [-0.05, 0) is 31.5 Å². The minimum Gasteiger partial charge on any atom is -0.363 e. The van der Waals surface area contributed by atoms with Crippen molar-refractivity contribution >= 4 is 29.0 Å². The molecule has 0 radical (unpaired) electrons. The third kappa shape index (κ3) is 3.12. The van der Waals surface area contributed by atoms with Gasteiger partial charge in [0.15, 0.2) is 0 Å². The Hall–Kier alpha value is -1.32. The molecular weight excluding hydrogens is 269 g/mol. The summed E-state index contributed by atoms with van der Waals surface area (Å²) in [4.78, 5) is 8.22. The van der Waals surface area contributed by atoms with E-state index in [1.807, 2.05) is 32.0 Å². The molecule has 0 bridgehead atoms. The van der Waals surface area contributed by atoms with E-state index in [2.05, 4.69) is 15.3 Å². The molecule has 1 atom stereocenters. The van der Waals surface area contributed by atoms with Crippen LogP contribution in [0.1, 0.15) is 24.2 Å². The minimum atomic E-state index is 0.0454. The summed E-state index contributed by atoms with van der Waals surface area (Å²) in [6, 6.07) is 7.41. The maximum Gasteiger partial charge on any atom is 0.130 e. The Balaban J connectivity index is 2.19. The molecule has 0 amide bonds. The van der Waals surface area contributed by atoms with Gasteiger partial charge in [0.2, 0.25) is 0 Å². The minimum absolute atomic E-state index is 0.0454. The molecule has 2 rings (SSSR count). The number of halogens is 2. The second-order valence-electron chi connectivity index (χ2n) is 4.08. The first kappa shape index (κ1) is 13.1. The van der Waals surface area contributed by atoms with Crippen molar-refractivity contribution in [2.45, 2.75) is 19.9 Å². The number of aromatic nitrogens is 2. The summed E-state index contributed by atoms with van der Waals surface area (Å²) in [6.07, 6.45) is 1.54. The maximum atomic E-state index is 6.16. The molecular formula is C13H13Cl2N3. The summed E-state index contributed by atoms with van der Waals surface area (Å²) >= 11 is 12.0. The van der Waals surface area contributed by atoms with E-state index in [0.29, 0.717) is 10.0 Å². The van der Waals surface area contributed by atoms with Crippen molar-refractivity contribution in [2.75, 3.05) is 5.32 Å². The van der Waals surface area contributed by atoms with Crippen LogP contribution in [-0.4, -0.2) is 9.97 Å². The van der Waals surface area contributed by atoms with Crippen LogP contribution in [-0.2, 0) is 0 Å². The van der Waals surface area contributed by atoms with Gasteiger partial charge in [-0.1, -0.05) is 29.3 Å². The van der Waals surface area contributed by atoms with Gasteiger partial charge in [-0.3, -0.25) is 0 Å². The van der Waals surface area contributed by atoms with E-state index in [1.165, 1.54) is 6.33 Å². The Morgan fingerprint density at radius 2 is 1.94 bits per heavy atom. The van der Waals surface area contributed by atoms with E-state index < -0.39 is 0 Å². The first-order valence-corrected chi connectivity index (χ1v) is 6.32. The standard InChI is InChI=1S/C13H13Cl2N3/c1-8-5-13(17-7-16-8)18-9(2)11-4-3-10(14)6-12(11)15/h3-7,9H,1-2H3,(H,16,17,18). The average Bonchev–Trinajstić information content (AvgIpc) is 2.28. The highest BCUT2D eigenvalue weighted by Crippen LogP contribution is 2.27. The van der Waals surface area contributed by atoms with Gasteiger partial charge in [0.05, 0.1) is 6.04 Å². The highest BCUT2D eigenvalue weighted by molar-refractivity contribution is 6.35. The largest absolute Gasteiger partial charge is 0.363 e. The topological polar surface area (TPSA) is 37.8 Å². The summed E-state index contributed by atoms with van der Waals surface area (Å²) in [6.45, 7) is 3.94. The molecule has 0 aliphatic rings. The van der Waals surface area contributed by atoms with Gasteiger partial charge >= 0.3 is 0 Å². The Morgan fingerprint density at radius 3 is 2.61 bits per heavy atom. The summed E-state index contributed by atoms with van der Waals surface area (Å²) in [5.41, 5.74) is 1.90. The molecule has 1 aromatic carbocycles. The molecule has 94 valence electrons. The SMILES string of the molecule is Cc1cc(NC(C)c2ccc(Cl)cc2Cl)ncn1. The lowest BCUT2D eigenvalue weighted by molar-refractivity contribution is 0.870. The first-order valence-electron chi connectivity index (χ1n) is 5.56. The normalized spacial score (nSPS) is 12.2. The Labute approximate surface area is 116 Å². The molecule has 3 nitrogen and oxygen atoms in total. The second kappa shape index (κ2) is 5.55. The molecule has 0 saturated carbocycles. The van der Waals surface area contributed by atoms with E-state index in [-0.39, 0.29) is 6.04 Å². The van der Waals surface area contributed by atoms with E-state index in [0.717, 1.165) is 17.1 Å². The molecule has 0 spiro atoms. The van der Waals surface area contributed by atoms with Crippen LogP contribution in [0.5, 0.6) is 0 Å². The molecule has 1 N–H and O–H groups in total. The lowest BCUT2D eigenvalue weighted by Gasteiger charge is -2.16. The second-order valence-corrected chi connectivity index (χ2v) is 4.92. The molecule has 0 fully saturated rings. The average molecular weight is 282 g/mol. The number of hydrogen-bond donors (Lipinski definition) is 1. The predicted molar refractivity (Wildman–Crippen MR) is 75.3 cm³/mol. The quantitative estimate of drug-likeness (QED) is 0.913. The molecule has 0 aliphatic heterocycles. The zero-order valence-corrected chi connectivity index (χ0v) is 11.6. The number of aryl methyl sites for hydroxylation is 1.